The predicted octanol–water partition coefficient (Wildman–Crippen LogP) is 4.48. The molecule has 1 radical (unpaired) electrons. The Hall–Kier alpha value is -1.70. The van der Waals surface area contributed by atoms with E-state index in [1.807, 2.05) is 36.1 Å². The average Bonchev–Trinajstić information content (AvgIpc) is 2.84. The van der Waals surface area contributed by atoms with Crippen LogP contribution in [-0.2, 0) is 27.2 Å². The third kappa shape index (κ3) is 2.92. The first-order valence-electron chi connectivity index (χ1n) is 7.14. The van der Waals surface area contributed by atoms with Gasteiger partial charge in [0.15, 0.2) is 0 Å². The number of hydrogen-bond acceptors (Lipinski definition) is 1. The summed E-state index contributed by atoms with van der Waals surface area (Å²) in [4.78, 5) is 4.48. The molecule has 0 aliphatic rings. The van der Waals surface area contributed by atoms with Gasteiger partial charge in [0.25, 0.3) is 0 Å². The molecule has 0 spiro atoms. The summed E-state index contributed by atoms with van der Waals surface area (Å²) in [6, 6.07) is 14.0. The van der Waals surface area contributed by atoms with E-state index in [0.717, 1.165) is 11.4 Å². The Labute approximate surface area is 145 Å². The number of rotatable bonds is 2. The van der Waals surface area contributed by atoms with Crippen LogP contribution in [0.25, 0.3) is 22.5 Å². The standard InChI is InChI=1S/C19H19N2.Ir/c1-13-11-14(2)18(15(3)12-13)16-7-5-6-8-17(16)19-20-9-10-21(19)4;/h5-7,9-12H,1-4H3;/q-1;. The van der Waals surface area contributed by atoms with Gasteiger partial charge in [-0.05, 0) is 20.8 Å². The molecule has 0 bridgehead atoms. The third-order valence-electron chi connectivity index (χ3n) is 3.85. The summed E-state index contributed by atoms with van der Waals surface area (Å²) in [6.07, 6.45) is 3.80. The summed E-state index contributed by atoms with van der Waals surface area (Å²) in [7, 11) is 2.02. The molecule has 3 heteroatoms. The molecule has 3 rings (SSSR count). The molecule has 115 valence electrons. The van der Waals surface area contributed by atoms with Crippen LogP contribution in [0.4, 0.5) is 0 Å². The SMILES string of the molecule is Cc1cc(C)c(-c2ccc[c-]c2-c2nccn2C)c(C)c1.[Ir]. The molecule has 0 unspecified atom stereocenters. The second-order valence-corrected chi connectivity index (χ2v) is 5.59. The van der Waals surface area contributed by atoms with E-state index >= 15 is 0 Å². The minimum Gasteiger partial charge on any atom is -0.373 e. The van der Waals surface area contributed by atoms with Crippen molar-refractivity contribution < 1.29 is 20.1 Å². The Morgan fingerprint density at radius 3 is 2.36 bits per heavy atom. The third-order valence-corrected chi connectivity index (χ3v) is 3.85. The fraction of sp³-hybridized carbons (Fsp3) is 0.211. The Kier molecular flexibility index (Phi) is 5.00. The summed E-state index contributed by atoms with van der Waals surface area (Å²) in [5.41, 5.74) is 7.43. The van der Waals surface area contributed by atoms with Crippen molar-refractivity contribution in [1.29, 1.82) is 0 Å². The number of aryl methyl sites for hydroxylation is 4. The molecular weight excluding hydrogens is 448 g/mol. The maximum Gasteiger partial charge on any atom is 0.0561 e. The van der Waals surface area contributed by atoms with Crippen LogP contribution in [0.15, 0.2) is 42.7 Å². The maximum atomic E-state index is 4.48. The molecule has 2 nitrogen and oxygen atoms in total. The van der Waals surface area contributed by atoms with Crippen molar-refractivity contribution in [2.45, 2.75) is 20.8 Å². The van der Waals surface area contributed by atoms with Gasteiger partial charge in [0.1, 0.15) is 0 Å². The fourth-order valence-corrected chi connectivity index (χ4v) is 3.04. The van der Waals surface area contributed by atoms with E-state index in [1.165, 1.54) is 27.8 Å². The molecule has 0 aliphatic heterocycles. The Bertz CT molecular complexity index is 780. The molecule has 2 aromatic carbocycles. The van der Waals surface area contributed by atoms with Crippen molar-refractivity contribution in [1.82, 2.24) is 9.55 Å². The van der Waals surface area contributed by atoms with Crippen LogP contribution in [0, 0.1) is 26.8 Å². The summed E-state index contributed by atoms with van der Waals surface area (Å²) in [6.45, 7) is 6.48. The normalized spacial score (nSPS) is 10.4. The van der Waals surface area contributed by atoms with E-state index in [1.54, 1.807) is 0 Å². The van der Waals surface area contributed by atoms with E-state index in [-0.39, 0.29) is 20.1 Å². The maximum absolute atomic E-state index is 4.48. The zero-order chi connectivity index (χ0) is 15.0. The average molecular weight is 468 g/mol. The second kappa shape index (κ2) is 6.60. The van der Waals surface area contributed by atoms with E-state index in [2.05, 4.69) is 50.0 Å². The van der Waals surface area contributed by atoms with Gasteiger partial charge in [-0.15, -0.1) is 29.8 Å². The number of nitrogens with zero attached hydrogens (tertiary/aromatic N) is 2. The van der Waals surface area contributed by atoms with Gasteiger partial charge >= 0.3 is 0 Å². The Morgan fingerprint density at radius 1 is 1.09 bits per heavy atom. The van der Waals surface area contributed by atoms with Gasteiger partial charge in [0.05, 0.1) is 5.82 Å². The van der Waals surface area contributed by atoms with Crippen molar-refractivity contribution in [3.63, 3.8) is 0 Å². The molecule has 22 heavy (non-hydrogen) atoms. The van der Waals surface area contributed by atoms with Gasteiger partial charge in [-0.3, -0.25) is 4.98 Å². The van der Waals surface area contributed by atoms with Crippen molar-refractivity contribution >= 4 is 0 Å². The van der Waals surface area contributed by atoms with Crippen molar-refractivity contribution in [2.24, 2.45) is 7.05 Å². The summed E-state index contributed by atoms with van der Waals surface area (Å²) >= 11 is 0. The van der Waals surface area contributed by atoms with Crippen molar-refractivity contribution in [3.05, 3.63) is 65.5 Å². The molecule has 0 saturated heterocycles. The second-order valence-electron chi connectivity index (χ2n) is 5.59. The van der Waals surface area contributed by atoms with E-state index in [4.69, 9.17) is 0 Å². The monoisotopic (exact) mass is 468 g/mol. The van der Waals surface area contributed by atoms with Gasteiger partial charge in [-0.1, -0.05) is 39.9 Å². The van der Waals surface area contributed by atoms with Gasteiger partial charge in [0.2, 0.25) is 0 Å². The van der Waals surface area contributed by atoms with Gasteiger partial charge in [-0.2, -0.15) is 0 Å². The van der Waals surface area contributed by atoms with Crippen LogP contribution in [0.2, 0.25) is 0 Å². The number of aromatic nitrogens is 2. The first-order valence-corrected chi connectivity index (χ1v) is 7.14. The molecule has 1 aromatic heterocycles. The van der Waals surface area contributed by atoms with Gasteiger partial charge in [-0.25, -0.2) is 0 Å². The predicted molar refractivity (Wildman–Crippen MR) is 87.1 cm³/mol. The van der Waals surface area contributed by atoms with E-state index < -0.39 is 0 Å². The molecule has 0 aliphatic carbocycles. The van der Waals surface area contributed by atoms with Crippen LogP contribution >= 0.6 is 0 Å². The number of hydrogen-bond donors (Lipinski definition) is 0. The molecule has 3 aromatic rings. The molecule has 0 saturated carbocycles. The zero-order valence-corrected chi connectivity index (χ0v) is 15.7. The summed E-state index contributed by atoms with van der Waals surface area (Å²) in [5.74, 6) is 0.949. The number of imidazole rings is 1. The summed E-state index contributed by atoms with van der Waals surface area (Å²) < 4.78 is 2.04. The zero-order valence-electron chi connectivity index (χ0n) is 13.3. The van der Waals surface area contributed by atoms with Crippen LogP contribution in [0.1, 0.15) is 16.7 Å². The molecule has 0 atom stereocenters. The van der Waals surface area contributed by atoms with Gasteiger partial charge < -0.3 is 4.57 Å². The Morgan fingerprint density at radius 2 is 1.77 bits per heavy atom. The molecule has 1 heterocycles. The minimum absolute atomic E-state index is 0. The van der Waals surface area contributed by atoms with Crippen LogP contribution in [0.3, 0.4) is 0 Å². The van der Waals surface area contributed by atoms with Crippen LogP contribution < -0.4 is 0 Å². The molecular formula is C19H19IrN2-. The van der Waals surface area contributed by atoms with Crippen molar-refractivity contribution in [2.75, 3.05) is 0 Å². The topological polar surface area (TPSA) is 17.8 Å². The van der Waals surface area contributed by atoms with Gasteiger partial charge in [0, 0.05) is 39.5 Å². The number of benzene rings is 2. The fourth-order valence-electron chi connectivity index (χ4n) is 3.04. The molecule has 0 amide bonds. The van der Waals surface area contributed by atoms with Crippen LogP contribution in [0.5, 0.6) is 0 Å². The molecule has 0 fully saturated rings. The largest absolute Gasteiger partial charge is 0.373 e. The first-order chi connectivity index (χ1) is 10.1. The quantitative estimate of drug-likeness (QED) is 0.509. The van der Waals surface area contributed by atoms with Crippen LogP contribution in [-0.4, -0.2) is 9.55 Å². The Balaban J connectivity index is 0.00000176. The van der Waals surface area contributed by atoms with Crippen molar-refractivity contribution in [3.8, 4) is 22.5 Å². The molecule has 0 N–H and O–H groups in total. The summed E-state index contributed by atoms with van der Waals surface area (Å²) in [5, 5.41) is 0. The van der Waals surface area contributed by atoms with E-state index in [0.29, 0.717) is 0 Å². The minimum atomic E-state index is 0. The van der Waals surface area contributed by atoms with E-state index in [9.17, 15) is 0 Å². The first kappa shape index (κ1) is 16.7. The smallest absolute Gasteiger partial charge is 0.0561 e.